The Morgan fingerprint density at radius 3 is 2.46 bits per heavy atom. The van der Waals surface area contributed by atoms with Crippen molar-refractivity contribution in [3.63, 3.8) is 0 Å². The molecule has 11 heteroatoms. The van der Waals surface area contributed by atoms with Gasteiger partial charge in [0.1, 0.15) is 11.0 Å². The molecule has 3 aromatic heterocycles. The number of piperidine rings is 2. The summed E-state index contributed by atoms with van der Waals surface area (Å²) in [6, 6.07) is 1.58. The van der Waals surface area contributed by atoms with E-state index in [0.29, 0.717) is 22.8 Å². The molecular weight excluding hydrogens is 495 g/mol. The maximum atomic E-state index is 13.7. The van der Waals surface area contributed by atoms with Crippen LogP contribution < -0.4 is 10.2 Å². The number of rotatable bonds is 8. The fourth-order valence-corrected chi connectivity index (χ4v) is 5.85. The Labute approximate surface area is 222 Å². The van der Waals surface area contributed by atoms with E-state index in [1.54, 1.807) is 6.33 Å². The number of anilines is 2. The normalized spacial score (nSPS) is 18.3. The molecule has 5 rings (SSSR count). The molecule has 3 aromatic rings. The Balaban J connectivity index is 1.32. The van der Waals surface area contributed by atoms with Gasteiger partial charge in [-0.3, -0.25) is 0 Å². The minimum atomic E-state index is -0.430. The van der Waals surface area contributed by atoms with E-state index in [4.69, 9.17) is 21.6 Å². The first-order valence-corrected chi connectivity index (χ1v) is 13.7. The summed E-state index contributed by atoms with van der Waals surface area (Å²) < 4.78 is 15.8. The number of aliphatic hydroxyl groups is 1. The Hall–Kier alpha value is -2.56. The fourth-order valence-electron chi connectivity index (χ4n) is 5.68. The van der Waals surface area contributed by atoms with Gasteiger partial charge < -0.3 is 24.8 Å². The number of nitrogens with zero attached hydrogens (tertiary/aromatic N) is 7. The zero-order valence-electron chi connectivity index (χ0n) is 21.6. The lowest BCUT2D eigenvalue weighted by molar-refractivity contribution is 0.115. The molecular formula is C26H36ClFN8O. The predicted octanol–water partition coefficient (Wildman–Crippen LogP) is 4.13. The second-order valence-electron chi connectivity index (χ2n) is 10.5. The largest absolute Gasteiger partial charge is 0.395 e. The van der Waals surface area contributed by atoms with Gasteiger partial charge in [-0.2, -0.15) is 9.97 Å². The van der Waals surface area contributed by atoms with E-state index >= 15 is 0 Å². The number of hydrogen-bond donors (Lipinski definition) is 2. The topological polar surface area (TPSA) is 95.2 Å². The van der Waals surface area contributed by atoms with Crippen LogP contribution in [-0.4, -0.2) is 73.8 Å². The highest BCUT2D eigenvalue weighted by atomic mass is 35.5. The minimum absolute atomic E-state index is 0.199. The molecule has 0 aromatic carbocycles. The average Bonchev–Trinajstić information content (AvgIpc) is 3.34. The Morgan fingerprint density at radius 1 is 1.08 bits per heavy atom. The lowest BCUT2D eigenvalue weighted by Crippen LogP contribution is -2.42. The van der Waals surface area contributed by atoms with Crippen molar-refractivity contribution in [2.24, 2.45) is 11.8 Å². The smallest absolute Gasteiger partial charge is 0.229 e. The van der Waals surface area contributed by atoms with Crippen LogP contribution in [0.25, 0.3) is 11.2 Å². The van der Waals surface area contributed by atoms with E-state index in [2.05, 4.69) is 43.5 Å². The Bertz CT molecular complexity index is 1200. The maximum absolute atomic E-state index is 13.7. The van der Waals surface area contributed by atoms with E-state index in [-0.39, 0.29) is 24.3 Å². The number of halogens is 2. The van der Waals surface area contributed by atoms with Gasteiger partial charge in [-0.05, 0) is 70.5 Å². The monoisotopic (exact) mass is 530 g/mol. The lowest BCUT2D eigenvalue weighted by atomic mass is 9.79. The molecule has 0 amide bonds. The van der Waals surface area contributed by atoms with Gasteiger partial charge in [0.15, 0.2) is 17.0 Å². The first kappa shape index (κ1) is 26.1. The van der Waals surface area contributed by atoms with Crippen molar-refractivity contribution in [2.45, 2.75) is 52.1 Å². The second kappa shape index (κ2) is 11.4. The third-order valence-corrected chi connectivity index (χ3v) is 8.17. The van der Waals surface area contributed by atoms with Crippen LogP contribution >= 0.6 is 11.6 Å². The van der Waals surface area contributed by atoms with Gasteiger partial charge >= 0.3 is 0 Å². The standard InChI is InChI=1S/C26H36ClFN8O/c1-17(2)36-16-31-22-24(30-14-20-13-21(28)15-29-23(20)27)32-26(33-25(22)36)35-9-5-19(6-10-35)18-3-7-34(8-4-18)11-12-37/h13,15-19,37H,3-12,14H2,1-2H3,(H,30,32,33). The molecule has 5 heterocycles. The summed E-state index contributed by atoms with van der Waals surface area (Å²) in [4.78, 5) is 22.9. The molecule has 2 fully saturated rings. The molecule has 2 aliphatic heterocycles. The first-order chi connectivity index (χ1) is 17.9. The van der Waals surface area contributed by atoms with Gasteiger partial charge in [0.05, 0.1) is 19.1 Å². The van der Waals surface area contributed by atoms with Gasteiger partial charge in [0.2, 0.25) is 5.95 Å². The van der Waals surface area contributed by atoms with Crippen molar-refractivity contribution in [2.75, 3.05) is 49.5 Å². The first-order valence-electron chi connectivity index (χ1n) is 13.3. The molecule has 37 heavy (non-hydrogen) atoms. The number of fused-ring (bicyclic) bond motifs is 1. The molecule has 0 aliphatic carbocycles. The SMILES string of the molecule is CC(C)n1cnc2c(NCc3cc(F)cnc3Cl)nc(N3CCC(C4CCN(CCO)CC4)CC3)nc21. The van der Waals surface area contributed by atoms with Crippen LogP contribution in [0, 0.1) is 17.7 Å². The van der Waals surface area contributed by atoms with Crippen LogP contribution in [0.1, 0.15) is 51.1 Å². The van der Waals surface area contributed by atoms with Gasteiger partial charge in [-0.15, -0.1) is 0 Å². The number of aliphatic hydroxyl groups excluding tert-OH is 1. The summed E-state index contributed by atoms with van der Waals surface area (Å²) in [5.41, 5.74) is 2.02. The fraction of sp³-hybridized carbons (Fsp3) is 0.615. The number of β-amino-alcohol motifs (C(OH)–C–C–N with tert-alkyl or cyclic N) is 1. The summed E-state index contributed by atoms with van der Waals surface area (Å²) in [7, 11) is 0. The van der Waals surface area contributed by atoms with Crippen LogP contribution in [0.4, 0.5) is 16.2 Å². The maximum Gasteiger partial charge on any atom is 0.229 e. The Kier molecular flexibility index (Phi) is 8.07. The van der Waals surface area contributed by atoms with E-state index in [0.717, 1.165) is 69.2 Å². The number of hydrogen-bond acceptors (Lipinski definition) is 8. The molecule has 0 radical (unpaired) electrons. The number of aromatic nitrogens is 5. The molecule has 2 saturated heterocycles. The van der Waals surface area contributed by atoms with Crippen LogP contribution in [0.2, 0.25) is 5.15 Å². The number of likely N-dealkylation sites (tertiary alicyclic amines) is 1. The number of pyridine rings is 1. The number of imidazole rings is 1. The quantitative estimate of drug-likeness (QED) is 0.420. The summed E-state index contributed by atoms with van der Waals surface area (Å²) >= 11 is 6.19. The molecule has 0 bridgehead atoms. The third-order valence-electron chi connectivity index (χ3n) is 7.83. The zero-order valence-corrected chi connectivity index (χ0v) is 22.3. The summed E-state index contributed by atoms with van der Waals surface area (Å²) in [5, 5.41) is 12.8. The Morgan fingerprint density at radius 2 is 1.78 bits per heavy atom. The molecule has 0 saturated carbocycles. The van der Waals surface area contributed by atoms with Crippen molar-refractivity contribution in [3.05, 3.63) is 35.1 Å². The van der Waals surface area contributed by atoms with Crippen molar-refractivity contribution >= 4 is 34.5 Å². The lowest BCUT2D eigenvalue weighted by Gasteiger charge is -2.40. The van der Waals surface area contributed by atoms with Crippen molar-refractivity contribution < 1.29 is 9.50 Å². The summed E-state index contributed by atoms with van der Waals surface area (Å²) in [5.74, 6) is 2.35. The highest BCUT2D eigenvalue weighted by molar-refractivity contribution is 6.30. The predicted molar refractivity (Wildman–Crippen MR) is 143 cm³/mol. The second-order valence-corrected chi connectivity index (χ2v) is 10.8. The molecule has 0 atom stereocenters. The van der Waals surface area contributed by atoms with Crippen molar-refractivity contribution in [3.8, 4) is 0 Å². The minimum Gasteiger partial charge on any atom is -0.395 e. The van der Waals surface area contributed by atoms with E-state index in [1.165, 1.54) is 18.9 Å². The van der Waals surface area contributed by atoms with Crippen LogP contribution in [0.15, 0.2) is 18.6 Å². The van der Waals surface area contributed by atoms with Crippen molar-refractivity contribution in [1.82, 2.24) is 29.4 Å². The number of nitrogens with one attached hydrogen (secondary N) is 1. The van der Waals surface area contributed by atoms with Gasteiger partial charge in [0.25, 0.3) is 0 Å². The molecule has 0 unspecified atom stereocenters. The highest BCUT2D eigenvalue weighted by Gasteiger charge is 2.30. The van der Waals surface area contributed by atoms with Crippen LogP contribution in [-0.2, 0) is 6.54 Å². The highest BCUT2D eigenvalue weighted by Crippen LogP contribution is 2.34. The van der Waals surface area contributed by atoms with Gasteiger partial charge in [-0.1, -0.05) is 11.6 Å². The summed E-state index contributed by atoms with van der Waals surface area (Å²) in [6.07, 6.45) is 7.59. The van der Waals surface area contributed by atoms with E-state index in [9.17, 15) is 9.50 Å². The average molecular weight is 531 g/mol. The third kappa shape index (κ3) is 5.81. The molecule has 9 nitrogen and oxygen atoms in total. The van der Waals surface area contributed by atoms with Crippen molar-refractivity contribution in [1.29, 1.82) is 0 Å². The van der Waals surface area contributed by atoms with Gasteiger partial charge in [0, 0.05) is 37.8 Å². The summed E-state index contributed by atoms with van der Waals surface area (Å²) in [6.45, 7) is 9.53. The zero-order chi connectivity index (χ0) is 25.9. The van der Waals surface area contributed by atoms with Gasteiger partial charge in [-0.25, -0.2) is 14.4 Å². The molecule has 2 N–H and O–H groups in total. The molecule has 200 valence electrons. The van der Waals surface area contributed by atoms with E-state index < -0.39 is 5.82 Å². The van der Waals surface area contributed by atoms with E-state index in [1.807, 2.05) is 0 Å². The molecule has 0 spiro atoms. The molecule has 2 aliphatic rings. The van der Waals surface area contributed by atoms with Crippen LogP contribution in [0.5, 0.6) is 0 Å². The van der Waals surface area contributed by atoms with Crippen LogP contribution in [0.3, 0.4) is 0 Å².